The molecule has 9 heteroatoms. The van der Waals surface area contributed by atoms with E-state index < -0.39 is 28.4 Å². The largest absolute Gasteiger partial charge is 0.480 e. The van der Waals surface area contributed by atoms with Crippen molar-refractivity contribution < 1.29 is 19.6 Å². The van der Waals surface area contributed by atoms with Gasteiger partial charge in [-0.15, -0.1) is 0 Å². The summed E-state index contributed by atoms with van der Waals surface area (Å²) in [5, 5.41) is 26.1. The highest BCUT2D eigenvalue weighted by molar-refractivity contribution is 5.88. The lowest BCUT2D eigenvalue weighted by Crippen LogP contribution is -2.50. The van der Waals surface area contributed by atoms with Crippen LogP contribution in [-0.2, 0) is 15.1 Å². The molecule has 0 aliphatic rings. The van der Waals surface area contributed by atoms with Crippen LogP contribution >= 0.6 is 0 Å². The summed E-state index contributed by atoms with van der Waals surface area (Å²) in [5.41, 5.74) is -1.48. The summed E-state index contributed by atoms with van der Waals surface area (Å²) in [6.45, 7) is 4.95. The van der Waals surface area contributed by atoms with Gasteiger partial charge in [0.25, 0.3) is 0 Å². The summed E-state index contributed by atoms with van der Waals surface area (Å²) < 4.78 is 1.15. The predicted molar refractivity (Wildman–Crippen MR) is 77.3 cm³/mol. The van der Waals surface area contributed by atoms with Gasteiger partial charge in [-0.3, -0.25) is 19.6 Å². The highest BCUT2D eigenvalue weighted by Gasteiger charge is 2.34. The molecule has 122 valence electrons. The fraction of sp³-hybridized carbons (Fsp3) is 0.615. The number of carboxylic acids is 1. The molecule has 1 aromatic rings. The number of rotatable bonds is 8. The molecule has 0 saturated carbocycles. The van der Waals surface area contributed by atoms with Crippen LogP contribution < -0.4 is 5.32 Å². The molecule has 0 saturated heterocycles. The van der Waals surface area contributed by atoms with Crippen molar-refractivity contribution in [3.05, 3.63) is 22.5 Å². The number of carbonyl (C=O) groups excluding carboxylic acids is 1. The SMILES string of the molecule is CCCCC(NC(=O)C(C)(C)n1cc([N+](=O)[O-])cn1)C(=O)O. The van der Waals surface area contributed by atoms with Crippen molar-refractivity contribution in [2.45, 2.75) is 51.6 Å². The van der Waals surface area contributed by atoms with Gasteiger partial charge in [-0.25, -0.2) is 4.79 Å². The Hall–Kier alpha value is -2.45. The number of amides is 1. The van der Waals surface area contributed by atoms with Crippen molar-refractivity contribution in [1.29, 1.82) is 0 Å². The molecule has 0 radical (unpaired) electrons. The zero-order valence-electron chi connectivity index (χ0n) is 12.8. The normalized spacial score (nSPS) is 12.7. The number of nitro groups is 1. The molecule has 1 amide bonds. The zero-order valence-corrected chi connectivity index (χ0v) is 12.8. The second-order valence-electron chi connectivity index (χ2n) is 5.47. The number of aliphatic carboxylic acids is 1. The number of carboxylic acid groups (broad SMARTS) is 1. The van der Waals surface area contributed by atoms with E-state index in [1.165, 1.54) is 13.8 Å². The average Bonchev–Trinajstić information content (AvgIpc) is 2.93. The van der Waals surface area contributed by atoms with Crippen molar-refractivity contribution in [3.63, 3.8) is 0 Å². The second-order valence-corrected chi connectivity index (χ2v) is 5.47. The van der Waals surface area contributed by atoms with E-state index in [4.69, 9.17) is 5.11 Å². The smallest absolute Gasteiger partial charge is 0.326 e. The van der Waals surface area contributed by atoms with E-state index in [1.807, 2.05) is 6.92 Å². The Kier molecular flexibility index (Phi) is 5.61. The number of hydrogen-bond acceptors (Lipinski definition) is 5. The lowest BCUT2D eigenvalue weighted by molar-refractivity contribution is -0.385. The van der Waals surface area contributed by atoms with Crippen LogP contribution in [0.5, 0.6) is 0 Å². The highest BCUT2D eigenvalue weighted by Crippen LogP contribution is 2.19. The molecule has 2 N–H and O–H groups in total. The summed E-state index contributed by atoms with van der Waals surface area (Å²) in [7, 11) is 0. The fourth-order valence-electron chi connectivity index (χ4n) is 1.82. The van der Waals surface area contributed by atoms with Crippen LogP contribution in [0.4, 0.5) is 5.69 Å². The van der Waals surface area contributed by atoms with Crippen LogP contribution in [0, 0.1) is 10.1 Å². The average molecular weight is 312 g/mol. The Labute approximate surface area is 127 Å². The predicted octanol–water partition coefficient (Wildman–Crippen LogP) is 1.29. The Morgan fingerprint density at radius 3 is 2.64 bits per heavy atom. The summed E-state index contributed by atoms with van der Waals surface area (Å²) >= 11 is 0. The van der Waals surface area contributed by atoms with Gasteiger partial charge in [0.15, 0.2) is 0 Å². The van der Waals surface area contributed by atoms with Crippen molar-refractivity contribution >= 4 is 17.6 Å². The molecule has 1 rings (SSSR count). The van der Waals surface area contributed by atoms with Crippen LogP contribution in [0.25, 0.3) is 0 Å². The zero-order chi connectivity index (χ0) is 16.9. The minimum atomic E-state index is -1.24. The van der Waals surface area contributed by atoms with E-state index in [9.17, 15) is 19.7 Å². The number of nitrogens with one attached hydrogen (secondary N) is 1. The van der Waals surface area contributed by atoms with Crippen molar-refractivity contribution in [1.82, 2.24) is 15.1 Å². The first-order valence-corrected chi connectivity index (χ1v) is 6.93. The fourth-order valence-corrected chi connectivity index (χ4v) is 1.82. The van der Waals surface area contributed by atoms with Crippen LogP contribution in [0.2, 0.25) is 0 Å². The third-order valence-corrected chi connectivity index (χ3v) is 3.36. The van der Waals surface area contributed by atoms with E-state index >= 15 is 0 Å². The maximum Gasteiger partial charge on any atom is 0.326 e. The molecule has 1 aromatic heterocycles. The van der Waals surface area contributed by atoms with Crippen molar-refractivity contribution in [3.8, 4) is 0 Å². The molecule has 0 fully saturated rings. The first-order chi connectivity index (χ1) is 10.2. The summed E-state index contributed by atoms with van der Waals surface area (Å²) in [5.74, 6) is -1.67. The maximum absolute atomic E-state index is 12.3. The van der Waals surface area contributed by atoms with E-state index in [0.29, 0.717) is 12.8 Å². The number of nitrogens with zero attached hydrogens (tertiary/aromatic N) is 3. The van der Waals surface area contributed by atoms with Gasteiger partial charge >= 0.3 is 11.7 Å². The van der Waals surface area contributed by atoms with E-state index in [1.54, 1.807) is 0 Å². The van der Waals surface area contributed by atoms with E-state index in [-0.39, 0.29) is 5.69 Å². The molecule has 0 aromatic carbocycles. The first kappa shape index (κ1) is 17.6. The summed E-state index contributed by atoms with van der Waals surface area (Å²) in [6.07, 6.45) is 3.99. The molecular formula is C13H20N4O5. The Morgan fingerprint density at radius 1 is 1.55 bits per heavy atom. The monoisotopic (exact) mass is 312 g/mol. The minimum Gasteiger partial charge on any atom is -0.480 e. The summed E-state index contributed by atoms with van der Waals surface area (Å²) in [6, 6.07) is -0.989. The number of carbonyl (C=O) groups is 2. The quantitative estimate of drug-likeness (QED) is 0.550. The molecule has 1 unspecified atom stereocenters. The van der Waals surface area contributed by atoms with E-state index in [0.717, 1.165) is 23.5 Å². The molecule has 0 spiro atoms. The van der Waals surface area contributed by atoms with Crippen LogP contribution in [0.1, 0.15) is 40.0 Å². The second kappa shape index (κ2) is 7.01. The minimum absolute atomic E-state index is 0.235. The molecule has 1 atom stereocenters. The Morgan fingerprint density at radius 2 is 2.18 bits per heavy atom. The van der Waals surface area contributed by atoms with Crippen LogP contribution in [0.3, 0.4) is 0 Å². The molecule has 0 aliphatic heterocycles. The van der Waals surface area contributed by atoms with Crippen molar-refractivity contribution in [2.75, 3.05) is 0 Å². The first-order valence-electron chi connectivity index (χ1n) is 6.93. The lowest BCUT2D eigenvalue weighted by Gasteiger charge is -2.26. The third-order valence-electron chi connectivity index (χ3n) is 3.36. The molecule has 9 nitrogen and oxygen atoms in total. The Balaban J connectivity index is 2.88. The van der Waals surface area contributed by atoms with Gasteiger partial charge in [0, 0.05) is 0 Å². The molecule has 0 aliphatic carbocycles. The topological polar surface area (TPSA) is 127 Å². The van der Waals surface area contributed by atoms with Crippen LogP contribution in [0.15, 0.2) is 12.4 Å². The number of unbranched alkanes of at least 4 members (excludes halogenated alkanes) is 1. The summed E-state index contributed by atoms with van der Waals surface area (Å²) in [4.78, 5) is 33.5. The van der Waals surface area contributed by atoms with E-state index in [2.05, 4.69) is 10.4 Å². The third kappa shape index (κ3) is 4.03. The molecule has 1 heterocycles. The van der Waals surface area contributed by atoms with Gasteiger partial charge in [0.1, 0.15) is 24.0 Å². The van der Waals surface area contributed by atoms with Crippen LogP contribution in [-0.4, -0.2) is 37.7 Å². The van der Waals surface area contributed by atoms with Gasteiger partial charge in [0.05, 0.1) is 4.92 Å². The van der Waals surface area contributed by atoms with Crippen molar-refractivity contribution in [2.24, 2.45) is 0 Å². The standard InChI is InChI=1S/C13H20N4O5/c1-4-5-6-10(11(18)19)15-12(20)13(2,3)16-8-9(7-14-16)17(21)22/h7-8,10H,4-6H2,1-3H3,(H,15,20)(H,18,19). The van der Waals surface area contributed by atoms with Gasteiger partial charge in [0.2, 0.25) is 5.91 Å². The van der Waals surface area contributed by atoms with Gasteiger partial charge in [-0.05, 0) is 20.3 Å². The molecule has 22 heavy (non-hydrogen) atoms. The molecular weight excluding hydrogens is 292 g/mol. The maximum atomic E-state index is 12.3. The highest BCUT2D eigenvalue weighted by atomic mass is 16.6. The number of hydrogen-bond donors (Lipinski definition) is 2. The van der Waals surface area contributed by atoms with Gasteiger partial charge < -0.3 is 10.4 Å². The number of aromatic nitrogens is 2. The van der Waals surface area contributed by atoms with Gasteiger partial charge in [-0.2, -0.15) is 5.10 Å². The molecule has 0 bridgehead atoms. The Bertz CT molecular complexity index is 567. The van der Waals surface area contributed by atoms with Gasteiger partial charge in [-0.1, -0.05) is 19.8 Å². The lowest BCUT2D eigenvalue weighted by atomic mass is 10.0.